The number of nitrogens with zero attached hydrogens (tertiary/aromatic N) is 3. The minimum atomic E-state index is 0.562. The molecule has 0 bridgehead atoms. The maximum absolute atomic E-state index is 4.25. The van der Waals surface area contributed by atoms with Gasteiger partial charge >= 0.3 is 0 Å². The van der Waals surface area contributed by atoms with Crippen molar-refractivity contribution in [3.8, 4) is 0 Å². The third-order valence-corrected chi connectivity index (χ3v) is 4.94. The topological polar surface area (TPSA) is 41.1 Å². The maximum Gasteiger partial charge on any atom is 0.205 e. The van der Waals surface area contributed by atoms with Gasteiger partial charge in [0.15, 0.2) is 0 Å². The lowest BCUT2D eigenvalue weighted by molar-refractivity contribution is 0.109. The Balaban J connectivity index is 1.83. The van der Waals surface area contributed by atoms with Crippen molar-refractivity contribution in [3.63, 3.8) is 0 Å². The molecule has 1 N–H and O–H groups in total. The van der Waals surface area contributed by atoms with Crippen LogP contribution in [0.4, 0.5) is 5.13 Å². The number of piperidine rings is 1. The molecule has 0 unspecified atom stereocenters. The van der Waals surface area contributed by atoms with E-state index in [-0.39, 0.29) is 0 Å². The molecular formula is C13H24N4S. The van der Waals surface area contributed by atoms with E-state index in [1.807, 2.05) is 0 Å². The maximum atomic E-state index is 4.25. The first-order valence-corrected chi connectivity index (χ1v) is 7.75. The van der Waals surface area contributed by atoms with Crippen molar-refractivity contribution >= 4 is 16.5 Å². The summed E-state index contributed by atoms with van der Waals surface area (Å²) in [6.45, 7) is 11.1. The van der Waals surface area contributed by atoms with E-state index in [2.05, 4.69) is 41.2 Å². The Morgan fingerprint density at radius 1 is 1.28 bits per heavy atom. The summed E-state index contributed by atoms with van der Waals surface area (Å²) in [6.07, 6.45) is 3.91. The molecule has 0 saturated carbocycles. The first-order chi connectivity index (χ1) is 8.65. The average Bonchev–Trinajstić information content (AvgIpc) is 2.81. The highest BCUT2D eigenvalue weighted by Gasteiger charge is 2.28. The van der Waals surface area contributed by atoms with Gasteiger partial charge in [-0.15, -0.1) is 10.2 Å². The van der Waals surface area contributed by atoms with Crippen molar-refractivity contribution in [2.75, 3.05) is 25.0 Å². The van der Waals surface area contributed by atoms with Crippen molar-refractivity contribution in [2.45, 2.75) is 46.6 Å². The van der Waals surface area contributed by atoms with E-state index in [9.17, 15) is 0 Å². The number of anilines is 1. The summed E-state index contributed by atoms with van der Waals surface area (Å²) in [4.78, 5) is 2.51. The Hall–Kier alpha value is -0.680. The van der Waals surface area contributed by atoms with Crippen molar-refractivity contribution in [1.29, 1.82) is 0 Å². The SMILES string of the molecule is CCNc1nnc(CN2CCC(C)(CC)CC2)s1. The molecule has 0 aliphatic carbocycles. The summed E-state index contributed by atoms with van der Waals surface area (Å²) in [7, 11) is 0. The molecule has 1 fully saturated rings. The Bertz CT molecular complexity index is 369. The van der Waals surface area contributed by atoms with Gasteiger partial charge in [-0.05, 0) is 38.3 Å². The number of likely N-dealkylation sites (tertiary alicyclic amines) is 1. The summed E-state index contributed by atoms with van der Waals surface area (Å²) >= 11 is 1.68. The van der Waals surface area contributed by atoms with Crippen LogP contribution in [-0.2, 0) is 6.54 Å². The van der Waals surface area contributed by atoms with Gasteiger partial charge in [0.25, 0.3) is 0 Å². The zero-order chi connectivity index (χ0) is 13.0. The first-order valence-electron chi connectivity index (χ1n) is 6.94. The molecule has 0 radical (unpaired) electrons. The van der Waals surface area contributed by atoms with Gasteiger partial charge in [0, 0.05) is 6.54 Å². The van der Waals surface area contributed by atoms with Crippen molar-refractivity contribution in [1.82, 2.24) is 15.1 Å². The molecule has 0 amide bonds. The second-order valence-corrected chi connectivity index (χ2v) is 6.53. The molecule has 1 saturated heterocycles. The predicted molar refractivity (Wildman–Crippen MR) is 77.0 cm³/mol. The fraction of sp³-hybridized carbons (Fsp3) is 0.846. The molecule has 0 atom stereocenters. The number of hydrogen-bond donors (Lipinski definition) is 1. The van der Waals surface area contributed by atoms with Crippen LogP contribution >= 0.6 is 11.3 Å². The number of nitrogens with one attached hydrogen (secondary N) is 1. The Morgan fingerprint density at radius 3 is 2.61 bits per heavy atom. The number of rotatable bonds is 5. The second kappa shape index (κ2) is 5.97. The van der Waals surface area contributed by atoms with Crippen LogP contribution in [0.1, 0.15) is 45.0 Å². The summed E-state index contributed by atoms with van der Waals surface area (Å²) in [5.41, 5.74) is 0.562. The molecule has 1 aromatic heterocycles. The molecular weight excluding hydrogens is 244 g/mol. The van der Waals surface area contributed by atoms with E-state index in [0.717, 1.165) is 23.2 Å². The molecule has 102 valence electrons. The highest BCUT2D eigenvalue weighted by Crippen LogP contribution is 2.34. The zero-order valence-corrected chi connectivity index (χ0v) is 12.5. The van der Waals surface area contributed by atoms with Gasteiger partial charge in [-0.2, -0.15) is 0 Å². The van der Waals surface area contributed by atoms with Crippen molar-refractivity contribution in [2.24, 2.45) is 5.41 Å². The van der Waals surface area contributed by atoms with Crippen LogP contribution in [0.2, 0.25) is 0 Å². The van der Waals surface area contributed by atoms with Gasteiger partial charge in [0.2, 0.25) is 5.13 Å². The summed E-state index contributed by atoms with van der Waals surface area (Å²) < 4.78 is 0. The van der Waals surface area contributed by atoms with Gasteiger partial charge in [-0.1, -0.05) is 31.6 Å². The molecule has 1 aliphatic rings. The van der Waals surface area contributed by atoms with E-state index in [1.165, 1.54) is 32.4 Å². The van der Waals surface area contributed by atoms with Crippen LogP contribution in [0, 0.1) is 5.41 Å². The normalized spacial score (nSPS) is 19.9. The molecule has 2 heterocycles. The molecule has 1 aromatic rings. The summed E-state index contributed by atoms with van der Waals surface area (Å²) in [5.74, 6) is 0. The van der Waals surface area contributed by atoms with Crippen molar-refractivity contribution in [3.05, 3.63) is 5.01 Å². The predicted octanol–water partition coefficient (Wildman–Crippen LogP) is 2.98. The van der Waals surface area contributed by atoms with Crippen LogP contribution in [-0.4, -0.2) is 34.7 Å². The highest BCUT2D eigenvalue weighted by atomic mass is 32.1. The molecule has 0 aromatic carbocycles. The number of aromatic nitrogens is 2. The summed E-state index contributed by atoms with van der Waals surface area (Å²) in [5, 5.41) is 13.7. The van der Waals surface area contributed by atoms with E-state index in [0.29, 0.717) is 5.41 Å². The second-order valence-electron chi connectivity index (χ2n) is 5.47. The Labute approximate surface area is 114 Å². The quantitative estimate of drug-likeness (QED) is 0.891. The smallest absolute Gasteiger partial charge is 0.205 e. The average molecular weight is 268 g/mol. The molecule has 4 nitrogen and oxygen atoms in total. The minimum absolute atomic E-state index is 0.562. The fourth-order valence-electron chi connectivity index (χ4n) is 2.34. The molecule has 1 aliphatic heterocycles. The third-order valence-electron chi connectivity index (χ3n) is 4.07. The van der Waals surface area contributed by atoms with Crippen LogP contribution < -0.4 is 5.32 Å². The Morgan fingerprint density at radius 2 is 2.00 bits per heavy atom. The molecule has 5 heteroatoms. The van der Waals surface area contributed by atoms with Gasteiger partial charge in [-0.25, -0.2) is 0 Å². The van der Waals surface area contributed by atoms with Gasteiger partial charge in [-0.3, -0.25) is 4.90 Å². The zero-order valence-electron chi connectivity index (χ0n) is 11.7. The van der Waals surface area contributed by atoms with Gasteiger partial charge in [0.1, 0.15) is 5.01 Å². The fourth-order valence-corrected chi connectivity index (χ4v) is 3.19. The van der Waals surface area contributed by atoms with E-state index < -0.39 is 0 Å². The van der Waals surface area contributed by atoms with E-state index in [4.69, 9.17) is 0 Å². The standard InChI is InChI=1S/C13H24N4S/c1-4-13(3)6-8-17(9-7-13)10-11-15-16-12(18-11)14-5-2/h4-10H2,1-3H3,(H,14,16). The minimum Gasteiger partial charge on any atom is -0.360 e. The molecule has 18 heavy (non-hydrogen) atoms. The van der Waals surface area contributed by atoms with Crippen LogP contribution in [0.5, 0.6) is 0 Å². The van der Waals surface area contributed by atoms with Gasteiger partial charge < -0.3 is 5.32 Å². The molecule has 0 spiro atoms. The first kappa shape index (κ1) is 13.7. The van der Waals surface area contributed by atoms with Crippen LogP contribution in [0.25, 0.3) is 0 Å². The van der Waals surface area contributed by atoms with E-state index in [1.54, 1.807) is 11.3 Å². The van der Waals surface area contributed by atoms with Crippen LogP contribution in [0.15, 0.2) is 0 Å². The lowest BCUT2D eigenvalue weighted by Crippen LogP contribution is -2.37. The third kappa shape index (κ3) is 3.42. The van der Waals surface area contributed by atoms with Gasteiger partial charge in [0.05, 0.1) is 6.54 Å². The Kier molecular flexibility index (Phi) is 4.56. The summed E-state index contributed by atoms with van der Waals surface area (Å²) in [6, 6.07) is 0. The highest BCUT2D eigenvalue weighted by molar-refractivity contribution is 7.15. The lowest BCUT2D eigenvalue weighted by atomic mass is 9.78. The monoisotopic (exact) mass is 268 g/mol. The van der Waals surface area contributed by atoms with E-state index >= 15 is 0 Å². The number of hydrogen-bond acceptors (Lipinski definition) is 5. The lowest BCUT2D eigenvalue weighted by Gasteiger charge is -2.38. The molecule has 2 rings (SSSR count). The van der Waals surface area contributed by atoms with Crippen LogP contribution in [0.3, 0.4) is 0 Å². The van der Waals surface area contributed by atoms with Crippen molar-refractivity contribution < 1.29 is 0 Å². The largest absolute Gasteiger partial charge is 0.360 e.